The molecule has 0 atom stereocenters. The fourth-order valence-electron chi connectivity index (χ4n) is 1.55. The Morgan fingerprint density at radius 1 is 1.53 bits per heavy atom. The average Bonchev–Trinajstić information content (AvgIpc) is 2.36. The van der Waals surface area contributed by atoms with E-state index in [0.29, 0.717) is 29.7 Å². The minimum atomic E-state index is -1.02. The molecule has 19 heavy (non-hydrogen) atoms. The zero-order valence-electron chi connectivity index (χ0n) is 10.9. The maximum atomic E-state index is 11.1. The van der Waals surface area contributed by atoms with Crippen LogP contribution in [-0.2, 0) is 0 Å². The molecule has 0 heterocycles. The van der Waals surface area contributed by atoms with Crippen LogP contribution >= 0.6 is 15.9 Å². The van der Waals surface area contributed by atoms with Crippen LogP contribution in [0.2, 0.25) is 0 Å². The van der Waals surface area contributed by atoms with Gasteiger partial charge in [-0.05, 0) is 44.9 Å². The van der Waals surface area contributed by atoms with Crippen molar-refractivity contribution in [2.24, 2.45) is 5.41 Å². The van der Waals surface area contributed by atoms with Crippen LogP contribution < -0.4 is 4.74 Å². The van der Waals surface area contributed by atoms with Gasteiger partial charge in [0.2, 0.25) is 0 Å². The second kappa shape index (κ2) is 6.58. The first kappa shape index (κ1) is 15.5. The van der Waals surface area contributed by atoms with Crippen molar-refractivity contribution in [3.05, 3.63) is 28.2 Å². The zero-order valence-corrected chi connectivity index (χ0v) is 12.5. The van der Waals surface area contributed by atoms with Crippen LogP contribution in [0.1, 0.15) is 37.0 Å². The number of nitrogens with zero attached hydrogens (tertiary/aromatic N) is 1. The summed E-state index contributed by atoms with van der Waals surface area (Å²) < 4.78 is 6.18. The van der Waals surface area contributed by atoms with Crippen LogP contribution in [0.25, 0.3) is 0 Å². The predicted octanol–water partition coefficient (Wildman–Crippen LogP) is 3.86. The van der Waals surface area contributed by atoms with Crippen LogP contribution in [0.15, 0.2) is 22.7 Å². The lowest BCUT2D eigenvalue weighted by atomic mass is 9.90. The maximum absolute atomic E-state index is 11.1. The molecule has 1 aromatic rings. The molecule has 0 aliphatic heterocycles. The number of aromatic carboxylic acids is 1. The zero-order chi connectivity index (χ0) is 14.5. The third-order valence-electron chi connectivity index (χ3n) is 2.68. The quantitative estimate of drug-likeness (QED) is 0.806. The molecule has 1 N–H and O–H groups in total. The third kappa shape index (κ3) is 4.92. The second-order valence-corrected chi connectivity index (χ2v) is 5.81. The molecule has 0 radical (unpaired) electrons. The summed E-state index contributed by atoms with van der Waals surface area (Å²) in [5.74, 6) is -0.667. The van der Waals surface area contributed by atoms with Crippen molar-refractivity contribution in [1.29, 1.82) is 5.26 Å². The second-order valence-electron chi connectivity index (χ2n) is 4.89. The Bertz CT molecular complexity index is 506. The van der Waals surface area contributed by atoms with Gasteiger partial charge in [-0.15, -0.1) is 0 Å². The first-order valence-electron chi connectivity index (χ1n) is 5.92. The van der Waals surface area contributed by atoms with Crippen molar-refractivity contribution < 1.29 is 14.6 Å². The van der Waals surface area contributed by atoms with Crippen molar-refractivity contribution in [3.63, 3.8) is 0 Å². The fourth-order valence-corrected chi connectivity index (χ4v) is 1.91. The summed E-state index contributed by atoms with van der Waals surface area (Å²) in [7, 11) is 0. The number of carboxylic acid groups (broad SMARTS) is 1. The number of halogens is 1. The summed E-state index contributed by atoms with van der Waals surface area (Å²) in [4.78, 5) is 11.1. The minimum Gasteiger partial charge on any atom is -0.493 e. The highest BCUT2D eigenvalue weighted by Crippen LogP contribution is 2.25. The lowest BCUT2D eigenvalue weighted by Gasteiger charge is -2.15. The van der Waals surface area contributed by atoms with E-state index in [1.54, 1.807) is 12.1 Å². The van der Waals surface area contributed by atoms with E-state index in [4.69, 9.17) is 15.1 Å². The van der Waals surface area contributed by atoms with E-state index in [0.717, 1.165) is 0 Å². The van der Waals surface area contributed by atoms with Gasteiger partial charge < -0.3 is 9.84 Å². The van der Waals surface area contributed by atoms with E-state index in [2.05, 4.69) is 22.0 Å². The van der Waals surface area contributed by atoms with Crippen LogP contribution in [0.3, 0.4) is 0 Å². The van der Waals surface area contributed by atoms with Crippen molar-refractivity contribution in [2.75, 3.05) is 6.61 Å². The van der Waals surface area contributed by atoms with Crippen LogP contribution in [0.4, 0.5) is 0 Å². The number of hydrogen-bond donors (Lipinski definition) is 1. The number of benzene rings is 1. The van der Waals surface area contributed by atoms with Gasteiger partial charge >= 0.3 is 5.97 Å². The Labute approximate surface area is 121 Å². The smallest absolute Gasteiger partial charge is 0.339 e. The number of ether oxygens (including phenoxy) is 1. The highest BCUT2D eigenvalue weighted by molar-refractivity contribution is 9.10. The van der Waals surface area contributed by atoms with E-state index in [1.165, 1.54) is 6.07 Å². The summed E-state index contributed by atoms with van der Waals surface area (Å²) in [6, 6.07) is 7.10. The molecule has 102 valence electrons. The van der Waals surface area contributed by atoms with Crippen molar-refractivity contribution in [1.82, 2.24) is 0 Å². The Hall–Kier alpha value is -1.54. The van der Waals surface area contributed by atoms with Crippen LogP contribution in [0.5, 0.6) is 5.75 Å². The summed E-state index contributed by atoms with van der Waals surface area (Å²) >= 11 is 3.23. The largest absolute Gasteiger partial charge is 0.493 e. The number of carboxylic acids is 1. The number of carbonyl (C=O) groups is 1. The molecular weight excluding hydrogens is 310 g/mol. The van der Waals surface area contributed by atoms with Gasteiger partial charge in [0.15, 0.2) is 0 Å². The van der Waals surface area contributed by atoms with Crippen LogP contribution in [0, 0.1) is 16.7 Å². The number of hydrogen-bond acceptors (Lipinski definition) is 3. The molecular formula is C14H16BrNO3. The highest BCUT2D eigenvalue weighted by Gasteiger charge is 2.16. The first-order chi connectivity index (χ1) is 8.85. The standard InChI is InChI=1S/C14H16BrNO3/c1-14(2,9-16)6-3-7-19-12-5-4-10(15)8-11(12)13(17)18/h4-5,8H,3,6-7H2,1-2H3,(H,17,18). The normalized spacial score (nSPS) is 10.8. The Kier molecular flexibility index (Phi) is 5.37. The molecule has 0 saturated heterocycles. The monoisotopic (exact) mass is 325 g/mol. The van der Waals surface area contributed by atoms with Gasteiger partial charge in [-0.1, -0.05) is 15.9 Å². The molecule has 0 spiro atoms. The molecule has 0 saturated carbocycles. The molecule has 0 unspecified atom stereocenters. The van der Waals surface area contributed by atoms with Gasteiger partial charge in [-0.3, -0.25) is 0 Å². The lowest BCUT2D eigenvalue weighted by Crippen LogP contribution is -2.11. The van der Waals surface area contributed by atoms with Crippen LogP contribution in [-0.4, -0.2) is 17.7 Å². The van der Waals surface area contributed by atoms with Crippen molar-refractivity contribution >= 4 is 21.9 Å². The fraction of sp³-hybridized carbons (Fsp3) is 0.429. The first-order valence-corrected chi connectivity index (χ1v) is 6.72. The third-order valence-corrected chi connectivity index (χ3v) is 3.17. The highest BCUT2D eigenvalue weighted by atomic mass is 79.9. The summed E-state index contributed by atoms with van der Waals surface area (Å²) in [5, 5.41) is 18.0. The molecule has 0 bridgehead atoms. The molecule has 0 aliphatic rings. The van der Waals surface area contributed by atoms with E-state index < -0.39 is 5.97 Å². The maximum Gasteiger partial charge on any atom is 0.339 e. The van der Waals surface area contributed by atoms with E-state index >= 15 is 0 Å². The molecule has 5 heteroatoms. The van der Waals surface area contributed by atoms with E-state index in [1.807, 2.05) is 13.8 Å². The molecule has 1 aromatic carbocycles. The van der Waals surface area contributed by atoms with Gasteiger partial charge in [-0.25, -0.2) is 4.79 Å². The van der Waals surface area contributed by atoms with Gasteiger partial charge in [0.1, 0.15) is 11.3 Å². The Morgan fingerprint density at radius 3 is 2.79 bits per heavy atom. The SMILES string of the molecule is CC(C)(C#N)CCCOc1ccc(Br)cc1C(=O)O. The molecule has 0 fully saturated rings. The summed E-state index contributed by atoms with van der Waals surface area (Å²) in [6.45, 7) is 4.14. The average molecular weight is 326 g/mol. The Balaban J connectivity index is 2.59. The van der Waals surface area contributed by atoms with Gasteiger partial charge in [0.05, 0.1) is 18.1 Å². The topological polar surface area (TPSA) is 70.3 Å². The van der Waals surface area contributed by atoms with Gasteiger partial charge in [0, 0.05) is 4.47 Å². The molecule has 0 aliphatic carbocycles. The molecule has 4 nitrogen and oxygen atoms in total. The molecule has 0 aromatic heterocycles. The number of rotatable bonds is 6. The summed E-state index contributed by atoms with van der Waals surface area (Å²) in [6.07, 6.45) is 1.41. The number of nitriles is 1. The predicted molar refractivity (Wildman–Crippen MR) is 75.2 cm³/mol. The minimum absolute atomic E-state index is 0.133. The van der Waals surface area contributed by atoms with Gasteiger partial charge in [0.25, 0.3) is 0 Å². The van der Waals surface area contributed by atoms with Crippen molar-refractivity contribution in [2.45, 2.75) is 26.7 Å². The Morgan fingerprint density at radius 2 is 2.21 bits per heavy atom. The lowest BCUT2D eigenvalue weighted by molar-refractivity contribution is 0.0692. The van der Waals surface area contributed by atoms with Crippen molar-refractivity contribution in [3.8, 4) is 11.8 Å². The molecule has 0 amide bonds. The van der Waals surface area contributed by atoms with Gasteiger partial charge in [-0.2, -0.15) is 5.26 Å². The van der Waals surface area contributed by atoms with E-state index in [-0.39, 0.29) is 11.0 Å². The molecule has 1 rings (SSSR count). The summed E-state index contributed by atoms with van der Waals surface area (Å²) in [5.41, 5.74) is -0.243. The van der Waals surface area contributed by atoms with E-state index in [9.17, 15) is 4.79 Å².